The van der Waals surface area contributed by atoms with E-state index in [0.29, 0.717) is 17.8 Å². The molecule has 0 aliphatic carbocycles. The summed E-state index contributed by atoms with van der Waals surface area (Å²) in [5, 5.41) is 9.96. The summed E-state index contributed by atoms with van der Waals surface area (Å²) >= 11 is 0. The van der Waals surface area contributed by atoms with Crippen LogP contribution in [0, 0.1) is 11.2 Å². The third-order valence-electron chi connectivity index (χ3n) is 2.76. The Balaban J connectivity index is 2.50. The highest BCUT2D eigenvalue weighted by atomic mass is 19.1. The van der Waals surface area contributed by atoms with E-state index in [1.807, 2.05) is 20.8 Å². The van der Waals surface area contributed by atoms with Crippen molar-refractivity contribution in [2.75, 3.05) is 0 Å². The van der Waals surface area contributed by atoms with Crippen molar-refractivity contribution in [3.8, 4) is 17.0 Å². The maximum atomic E-state index is 13.2. The van der Waals surface area contributed by atoms with Crippen molar-refractivity contribution in [3.05, 3.63) is 46.3 Å². The molecule has 0 spiro atoms. The number of aromatic amines is 1. The average molecular weight is 276 g/mol. The normalized spacial score (nSPS) is 11.6. The molecule has 1 heterocycles. The van der Waals surface area contributed by atoms with E-state index in [2.05, 4.69) is 9.97 Å². The Labute approximate surface area is 116 Å². The molecule has 20 heavy (non-hydrogen) atoms. The molecule has 4 nitrogen and oxygen atoms in total. The first kappa shape index (κ1) is 14.2. The second-order valence-electron chi connectivity index (χ2n) is 5.96. The van der Waals surface area contributed by atoms with Crippen molar-refractivity contribution in [3.63, 3.8) is 0 Å². The summed E-state index contributed by atoms with van der Waals surface area (Å²) in [6.07, 6.45) is 0.527. The molecule has 1 aromatic carbocycles. The first-order valence-corrected chi connectivity index (χ1v) is 6.34. The number of nitrogens with one attached hydrogen (secondary N) is 1. The van der Waals surface area contributed by atoms with Crippen LogP contribution in [0.2, 0.25) is 0 Å². The first-order chi connectivity index (χ1) is 9.26. The second-order valence-corrected chi connectivity index (χ2v) is 5.96. The van der Waals surface area contributed by atoms with Gasteiger partial charge in [-0.05, 0) is 23.1 Å². The van der Waals surface area contributed by atoms with E-state index in [4.69, 9.17) is 0 Å². The van der Waals surface area contributed by atoms with Gasteiger partial charge in [0.1, 0.15) is 17.2 Å². The maximum Gasteiger partial charge on any atom is 0.262 e. The fourth-order valence-corrected chi connectivity index (χ4v) is 2.00. The maximum absolute atomic E-state index is 13.2. The van der Waals surface area contributed by atoms with Gasteiger partial charge in [-0.2, -0.15) is 4.98 Å². The summed E-state index contributed by atoms with van der Waals surface area (Å²) in [6, 6.07) is 5.50. The van der Waals surface area contributed by atoms with E-state index < -0.39 is 11.4 Å². The van der Waals surface area contributed by atoms with Crippen molar-refractivity contribution >= 4 is 0 Å². The number of H-pyrrole nitrogens is 1. The lowest BCUT2D eigenvalue weighted by atomic mass is 9.92. The minimum Gasteiger partial charge on any atom is -0.493 e. The third-order valence-corrected chi connectivity index (χ3v) is 2.76. The molecule has 0 aliphatic rings. The molecule has 2 aromatic rings. The highest BCUT2D eigenvalue weighted by molar-refractivity contribution is 5.67. The van der Waals surface area contributed by atoms with E-state index in [9.17, 15) is 14.3 Å². The monoisotopic (exact) mass is 276 g/mol. The van der Waals surface area contributed by atoms with Crippen LogP contribution in [-0.2, 0) is 6.42 Å². The summed E-state index contributed by atoms with van der Waals surface area (Å²) in [7, 11) is 0. The van der Waals surface area contributed by atoms with Gasteiger partial charge in [0.2, 0.25) is 5.88 Å². The van der Waals surface area contributed by atoms with Crippen molar-refractivity contribution in [2.24, 2.45) is 5.41 Å². The number of halogens is 1. The van der Waals surface area contributed by atoms with Crippen LogP contribution in [0.15, 0.2) is 29.1 Å². The topological polar surface area (TPSA) is 66.0 Å². The fraction of sp³-hybridized carbons (Fsp3) is 0.333. The number of aromatic nitrogens is 2. The van der Waals surface area contributed by atoms with Gasteiger partial charge in [0.25, 0.3) is 5.56 Å². The van der Waals surface area contributed by atoms with Gasteiger partial charge in [0.05, 0.1) is 0 Å². The number of rotatable bonds is 2. The van der Waals surface area contributed by atoms with E-state index in [1.54, 1.807) is 6.07 Å². The van der Waals surface area contributed by atoms with Crippen LogP contribution in [0.1, 0.15) is 26.6 Å². The molecule has 0 saturated carbocycles. The smallest absolute Gasteiger partial charge is 0.262 e. The summed E-state index contributed by atoms with van der Waals surface area (Å²) in [4.78, 5) is 18.7. The SMILES string of the molecule is CC(C)(C)Cc1nc(O)c(-c2cccc(F)c2)c(=O)[nH]1. The highest BCUT2D eigenvalue weighted by Gasteiger charge is 2.17. The molecule has 0 saturated heterocycles. The fourth-order valence-electron chi connectivity index (χ4n) is 2.00. The molecule has 0 radical (unpaired) electrons. The summed E-state index contributed by atoms with van der Waals surface area (Å²) in [5.41, 5.74) is -0.244. The molecule has 2 rings (SSSR count). The zero-order valence-corrected chi connectivity index (χ0v) is 11.7. The zero-order valence-electron chi connectivity index (χ0n) is 11.7. The lowest BCUT2D eigenvalue weighted by Gasteiger charge is -2.17. The Morgan fingerprint density at radius 2 is 2.05 bits per heavy atom. The average Bonchev–Trinajstić information content (AvgIpc) is 2.25. The predicted molar refractivity (Wildman–Crippen MR) is 75.1 cm³/mol. The summed E-state index contributed by atoms with van der Waals surface area (Å²) in [5.74, 6) is -0.432. The van der Waals surface area contributed by atoms with Crippen LogP contribution < -0.4 is 5.56 Å². The summed E-state index contributed by atoms with van der Waals surface area (Å²) in [6.45, 7) is 6.01. The predicted octanol–water partition coefficient (Wildman–Crippen LogP) is 2.87. The molecule has 5 heteroatoms. The van der Waals surface area contributed by atoms with Crippen LogP contribution >= 0.6 is 0 Å². The quantitative estimate of drug-likeness (QED) is 0.886. The molecular weight excluding hydrogens is 259 g/mol. The van der Waals surface area contributed by atoms with Gasteiger partial charge < -0.3 is 10.1 Å². The van der Waals surface area contributed by atoms with E-state index in [-0.39, 0.29) is 16.9 Å². The first-order valence-electron chi connectivity index (χ1n) is 6.34. The van der Waals surface area contributed by atoms with Crippen molar-refractivity contribution in [1.82, 2.24) is 9.97 Å². The van der Waals surface area contributed by atoms with Crippen LogP contribution in [0.4, 0.5) is 4.39 Å². The molecule has 106 valence electrons. The summed E-state index contributed by atoms with van der Waals surface area (Å²) < 4.78 is 13.2. The number of aromatic hydroxyl groups is 1. The molecule has 0 amide bonds. The number of hydrogen-bond donors (Lipinski definition) is 2. The van der Waals surface area contributed by atoms with Crippen molar-refractivity contribution in [1.29, 1.82) is 0 Å². The molecule has 0 atom stereocenters. The highest BCUT2D eigenvalue weighted by Crippen LogP contribution is 2.25. The number of benzene rings is 1. The lowest BCUT2D eigenvalue weighted by molar-refractivity contribution is 0.392. The minimum atomic E-state index is -0.472. The largest absolute Gasteiger partial charge is 0.493 e. The van der Waals surface area contributed by atoms with Gasteiger partial charge in [-0.3, -0.25) is 4.79 Å². The Morgan fingerprint density at radius 3 is 2.60 bits per heavy atom. The molecule has 0 aliphatic heterocycles. The second kappa shape index (κ2) is 5.07. The van der Waals surface area contributed by atoms with Gasteiger partial charge in [0.15, 0.2) is 0 Å². The zero-order chi connectivity index (χ0) is 14.9. The van der Waals surface area contributed by atoms with Gasteiger partial charge in [0, 0.05) is 6.42 Å². The van der Waals surface area contributed by atoms with Gasteiger partial charge >= 0.3 is 0 Å². The van der Waals surface area contributed by atoms with Crippen LogP contribution in [-0.4, -0.2) is 15.1 Å². The number of hydrogen-bond acceptors (Lipinski definition) is 3. The third kappa shape index (κ3) is 3.23. The molecular formula is C15H17FN2O2. The van der Waals surface area contributed by atoms with Gasteiger partial charge in [-0.25, -0.2) is 4.39 Å². The Bertz CT molecular complexity index is 687. The molecule has 1 aromatic heterocycles. The van der Waals surface area contributed by atoms with Gasteiger partial charge in [-0.1, -0.05) is 32.9 Å². The van der Waals surface area contributed by atoms with Crippen molar-refractivity contribution in [2.45, 2.75) is 27.2 Å². The Hall–Kier alpha value is -2.17. The van der Waals surface area contributed by atoms with Crippen LogP contribution in [0.3, 0.4) is 0 Å². The molecule has 2 N–H and O–H groups in total. The lowest BCUT2D eigenvalue weighted by Crippen LogP contribution is -2.18. The Kier molecular flexibility index (Phi) is 3.61. The van der Waals surface area contributed by atoms with Crippen molar-refractivity contribution < 1.29 is 9.50 Å². The minimum absolute atomic E-state index is 0.0119. The van der Waals surface area contributed by atoms with Crippen LogP contribution in [0.25, 0.3) is 11.1 Å². The van der Waals surface area contributed by atoms with E-state index >= 15 is 0 Å². The van der Waals surface area contributed by atoms with E-state index in [1.165, 1.54) is 18.2 Å². The molecule has 0 unspecified atom stereocenters. The van der Waals surface area contributed by atoms with E-state index in [0.717, 1.165) is 0 Å². The van der Waals surface area contributed by atoms with Gasteiger partial charge in [-0.15, -0.1) is 0 Å². The molecule has 0 bridgehead atoms. The van der Waals surface area contributed by atoms with Crippen LogP contribution in [0.5, 0.6) is 5.88 Å². The standard InChI is InChI=1S/C15H17FN2O2/c1-15(2,3)8-11-17-13(19)12(14(20)18-11)9-5-4-6-10(16)7-9/h4-7H,8H2,1-3H3,(H2,17,18,19,20). The number of nitrogens with zero attached hydrogens (tertiary/aromatic N) is 1. The Morgan fingerprint density at radius 1 is 1.35 bits per heavy atom. The molecule has 0 fully saturated rings.